The zero-order valence-electron chi connectivity index (χ0n) is 20.7. The van der Waals surface area contributed by atoms with Gasteiger partial charge in [0.25, 0.3) is 0 Å². The van der Waals surface area contributed by atoms with E-state index in [1.165, 1.54) is 0 Å². The highest BCUT2D eigenvalue weighted by molar-refractivity contribution is 5.94. The van der Waals surface area contributed by atoms with Crippen LogP contribution in [-0.2, 0) is 10.4 Å². The highest BCUT2D eigenvalue weighted by Gasteiger charge is 2.65. The van der Waals surface area contributed by atoms with Crippen molar-refractivity contribution in [1.29, 1.82) is 0 Å². The number of carbonyl (C=O) groups is 1. The highest BCUT2D eigenvalue weighted by atomic mass is 16.3. The summed E-state index contributed by atoms with van der Waals surface area (Å²) in [5.41, 5.74) is 0.411. The lowest BCUT2D eigenvalue weighted by Crippen LogP contribution is -2.48. The molecule has 6 rings (SSSR count). The molecule has 8 unspecified atom stereocenters. The lowest BCUT2D eigenvalue weighted by Gasteiger charge is -2.47. The molecule has 35 heavy (non-hydrogen) atoms. The Labute approximate surface area is 206 Å². The Morgan fingerprint density at radius 1 is 1.11 bits per heavy atom. The topological polar surface area (TPSA) is 90.7 Å². The van der Waals surface area contributed by atoms with Crippen molar-refractivity contribution in [3.05, 3.63) is 65.5 Å². The Morgan fingerprint density at radius 3 is 2.71 bits per heavy atom. The Morgan fingerprint density at radius 2 is 1.91 bits per heavy atom. The predicted molar refractivity (Wildman–Crippen MR) is 134 cm³/mol. The molecule has 1 aromatic heterocycles. The molecule has 0 spiro atoms. The van der Waals surface area contributed by atoms with E-state index in [9.17, 15) is 20.1 Å². The zero-order valence-corrected chi connectivity index (χ0v) is 20.7. The van der Waals surface area contributed by atoms with Crippen molar-refractivity contribution in [2.45, 2.75) is 70.7 Å². The molecular weight excluding hydrogens is 438 g/mol. The van der Waals surface area contributed by atoms with Gasteiger partial charge in [-0.3, -0.25) is 9.78 Å². The van der Waals surface area contributed by atoms with Crippen LogP contribution in [0.1, 0.15) is 58.4 Å². The van der Waals surface area contributed by atoms with Crippen LogP contribution < -0.4 is 0 Å². The minimum Gasteiger partial charge on any atom is -0.390 e. The summed E-state index contributed by atoms with van der Waals surface area (Å²) in [5.74, 6) is 0.0904. The van der Waals surface area contributed by atoms with E-state index < -0.39 is 23.2 Å². The molecule has 1 heterocycles. The summed E-state index contributed by atoms with van der Waals surface area (Å²) in [4.78, 5) is 17.9. The Bertz CT molecular complexity index is 1280. The highest BCUT2D eigenvalue weighted by Crippen LogP contribution is 2.64. The van der Waals surface area contributed by atoms with Gasteiger partial charge in [0, 0.05) is 29.6 Å². The number of allylic oxidation sites excluding steroid dienone is 3. The molecule has 5 heteroatoms. The second-order valence-corrected chi connectivity index (χ2v) is 12.1. The summed E-state index contributed by atoms with van der Waals surface area (Å²) < 4.78 is 0. The van der Waals surface area contributed by atoms with Crippen molar-refractivity contribution < 1.29 is 20.1 Å². The average molecular weight is 474 g/mol. The first-order chi connectivity index (χ1) is 16.6. The molecule has 2 saturated carbocycles. The van der Waals surface area contributed by atoms with Gasteiger partial charge in [0.05, 0.1) is 6.10 Å². The third kappa shape index (κ3) is 3.04. The van der Waals surface area contributed by atoms with Crippen LogP contribution >= 0.6 is 0 Å². The van der Waals surface area contributed by atoms with Crippen LogP contribution in [0, 0.1) is 28.6 Å². The fraction of sp³-hybridized carbons (Fsp3) is 0.533. The third-order valence-electron chi connectivity index (χ3n) is 10.2. The van der Waals surface area contributed by atoms with Crippen LogP contribution in [0.4, 0.5) is 0 Å². The summed E-state index contributed by atoms with van der Waals surface area (Å²) >= 11 is 0. The van der Waals surface area contributed by atoms with Crippen LogP contribution in [0.25, 0.3) is 10.8 Å². The van der Waals surface area contributed by atoms with E-state index in [0.717, 1.165) is 41.2 Å². The van der Waals surface area contributed by atoms with Crippen LogP contribution in [0.5, 0.6) is 0 Å². The van der Waals surface area contributed by atoms with E-state index >= 15 is 0 Å². The molecule has 0 radical (unpaired) electrons. The molecule has 0 amide bonds. The molecule has 1 aromatic carbocycles. The van der Waals surface area contributed by atoms with E-state index in [2.05, 4.69) is 31.0 Å². The van der Waals surface area contributed by atoms with E-state index in [0.29, 0.717) is 18.4 Å². The Kier molecular flexibility index (Phi) is 5.00. The van der Waals surface area contributed by atoms with Crippen molar-refractivity contribution in [2.75, 3.05) is 0 Å². The second-order valence-electron chi connectivity index (χ2n) is 12.1. The van der Waals surface area contributed by atoms with Gasteiger partial charge in [0.2, 0.25) is 0 Å². The van der Waals surface area contributed by atoms with Crippen LogP contribution in [0.15, 0.2) is 60.0 Å². The van der Waals surface area contributed by atoms with E-state index in [1.807, 2.05) is 31.2 Å². The van der Waals surface area contributed by atoms with Gasteiger partial charge < -0.3 is 15.3 Å². The normalized spacial score (nSPS) is 43.0. The van der Waals surface area contributed by atoms with Gasteiger partial charge in [-0.2, -0.15) is 0 Å². The third-order valence-corrected chi connectivity index (χ3v) is 10.2. The number of aromatic nitrogens is 1. The van der Waals surface area contributed by atoms with E-state index in [1.54, 1.807) is 12.4 Å². The first kappa shape index (κ1) is 23.1. The first-order valence-corrected chi connectivity index (χ1v) is 13.0. The molecule has 0 aliphatic heterocycles. The van der Waals surface area contributed by atoms with Gasteiger partial charge in [-0.25, -0.2) is 0 Å². The van der Waals surface area contributed by atoms with E-state index in [4.69, 9.17) is 0 Å². The van der Waals surface area contributed by atoms with E-state index in [-0.39, 0.29) is 29.0 Å². The molecule has 0 bridgehead atoms. The molecule has 2 fully saturated rings. The summed E-state index contributed by atoms with van der Waals surface area (Å²) in [5, 5.41) is 35.7. The van der Waals surface area contributed by atoms with Gasteiger partial charge in [-0.15, -0.1) is 0 Å². The van der Waals surface area contributed by atoms with Gasteiger partial charge >= 0.3 is 0 Å². The fourth-order valence-corrected chi connectivity index (χ4v) is 8.05. The number of ketones is 1. The number of nitrogens with zero attached hydrogens (tertiary/aromatic N) is 1. The minimum absolute atomic E-state index is 0.0182. The number of Topliss-reactive ketones (excluding diaryl/α,β-unsaturated/α-hetero) is 1. The summed E-state index contributed by atoms with van der Waals surface area (Å²) in [6.45, 7) is 6.30. The van der Waals surface area contributed by atoms with Crippen molar-refractivity contribution in [1.82, 2.24) is 4.98 Å². The number of benzene rings is 1. The quantitative estimate of drug-likeness (QED) is 0.569. The zero-order chi connectivity index (χ0) is 24.8. The number of aliphatic hydroxyl groups is 3. The smallest absolute Gasteiger partial charge is 0.169 e. The average Bonchev–Trinajstić information content (AvgIpc) is 2.95. The van der Waals surface area contributed by atoms with Crippen LogP contribution in [0.3, 0.4) is 0 Å². The summed E-state index contributed by atoms with van der Waals surface area (Å²) in [7, 11) is 0. The Balaban J connectivity index is 1.42. The predicted octanol–water partition coefficient (Wildman–Crippen LogP) is 4.45. The number of hydrogen-bond acceptors (Lipinski definition) is 5. The molecule has 5 nitrogen and oxygen atoms in total. The summed E-state index contributed by atoms with van der Waals surface area (Å²) in [6, 6.07) is 7.73. The minimum atomic E-state index is -1.55. The maximum Gasteiger partial charge on any atom is 0.169 e. The number of pyridine rings is 1. The van der Waals surface area contributed by atoms with Gasteiger partial charge in [0.15, 0.2) is 11.4 Å². The standard InChI is InChI=1S/C30H35NO4/c1-17-15-28(2)9-7-22-19(13-24(28)27(34)26(17)33)6-10-29(3)23(22)14-25(32)30(29,35)21-5-4-18-8-11-31-16-20(18)12-21/h4-6,8,11-13,16-17,22-23,26-27,33-35H,7,9-10,14-15H2,1-3H3. The number of fused-ring (bicyclic) bond motifs is 5. The molecule has 3 N–H and O–H groups in total. The number of rotatable bonds is 1. The van der Waals surface area contributed by atoms with Crippen LogP contribution in [-0.4, -0.2) is 38.3 Å². The number of carbonyl (C=O) groups excluding carboxylic acids is 1. The molecule has 0 saturated heterocycles. The van der Waals surface area contributed by atoms with Gasteiger partial charge in [0.1, 0.15) is 6.10 Å². The molecule has 2 aromatic rings. The number of hydrogen-bond donors (Lipinski definition) is 3. The summed E-state index contributed by atoms with van der Waals surface area (Å²) in [6.07, 6.45) is 9.81. The largest absolute Gasteiger partial charge is 0.390 e. The van der Waals surface area contributed by atoms with Crippen molar-refractivity contribution in [2.24, 2.45) is 28.6 Å². The molecule has 184 valence electrons. The van der Waals surface area contributed by atoms with Gasteiger partial charge in [-0.05, 0) is 83.1 Å². The lowest BCUT2D eigenvalue weighted by molar-refractivity contribution is -0.146. The number of aliphatic hydroxyl groups excluding tert-OH is 2. The van der Waals surface area contributed by atoms with Crippen molar-refractivity contribution >= 4 is 16.6 Å². The van der Waals surface area contributed by atoms with Gasteiger partial charge in [-0.1, -0.05) is 45.1 Å². The lowest BCUT2D eigenvalue weighted by atomic mass is 9.58. The van der Waals surface area contributed by atoms with Crippen molar-refractivity contribution in [3.8, 4) is 0 Å². The second kappa shape index (κ2) is 7.58. The molecular formula is C30H35NO4. The maximum atomic E-state index is 13.6. The first-order valence-electron chi connectivity index (χ1n) is 13.0. The molecule has 8 atom stereocenters. The van der Waals surface area contributed by atoms with Crippen LogP contribution in [0.2, 0.25) is 0 Å². The SMILES string of the molecule is CC1CC2(C)CCC3C(=CCC4(C)C3CC(=O)C4(O)c3ccc4ccncc4c3)C=C2C(O)C1O. The molecule has 4 aliphatic rings. The maximum absolute atomic E-state index is 13.6. The fourth-order valence-electron chi connectivity index (χ4n) is 8.05. The molecule has 4 aliphatic carbocycles. The Hall–Kier alpha value is -2.34. The monoisotopic (exact) mass is 473 g/mol. The van der Waals surface area contributed by atoms with Crippen molar-refractivity contribution in [3.63, 3.8) is 0 Å².